The predicted molar refractivity (Wildman–Crippen MR) is 89.5 cm³/mol. The van der Waals surface area contributed by atoms with Crippen molar-refractivity contribution in [3.05, 3.63) is 56.0 Å². The molecule has 5 nitrogen and oxygen atoms in total. The highest BCUT2D eigenvalue weighted by molar-refractivity contribution is 9.10. The number of nitro benzene ring substituents is 1. The Kier molecular flexibility index (Phi) is 4.47. The summed E-state index contributed by atoms with van der Waals surface area (Å²) in [5, 5.41) is 17.4. The molecule has 0 radical (unpaired) electrons. The number of aryl methyl sites for hydroxylation is 2. The average molecular weight is 350 g/mol. The first-order valence-corrected chi connectivity index (χ1v) is 7.22. The van der Waals surface area contributed by atoms with Crippen LogP contribution in [0.2, 0.25) is 0 Å². The molecule has 0 heterocycles. The number of rotatable bonds is 4. The lowest BCUT2D eigenvalue weighted by Crippen LogP contribution is -2.03. The first kappa shape index (κ1) is 15.3. The van der Waals surface area contributed by atoms with Crippen LogP contribution in [0.25, 0.3) is 0 Å². The van der Waals surface area contributed by atoms with E-state index < -0.39 is 0 Å². The molecule has 0 aliphatic rings. The first-order chi connectivity index (χ1) is 9.93. The average Bonchev–Trinajstić information content (AvgIpc) is 2.42. The number of hydrogen-bond acceptors (Lipinski definition) is 4. The molecule has 0 bridgehead atoms. The largest absolute Gasteiger partial charge is 0.382 e. The minimum atomic E-state index is -0.377. The summed E-state index contributed by atoms with van der Waals surface area (Å²) in [4.78, 5) is 11.0. The minimum Gasteiger partial charge on any atom is -0.382 e. The van der Waals surface area contributed by atoms with Gasteiger partial charge in [0.25, 0.3) is 0 Å². The van der Waals surface area contributed by atoms with E-state index in [1.807, 2.05) is 26.0 Å². The lowest BCUT2D eigenvalue weighted by Gasteiger charge is -2.14. The molecule has 110 valence electrons. The second kappa shape index (κ2) is 6.13. The molecule has 2 N–H and O–H groups in total. The van der Waals surface area contributed by atoms with Gasteiger partial charge in [0.05, 0.1) is 4.92 Å². The van der Waals surface area contributed by atoms with Crippen LogP contribution in [0.15, 0.2) is 34.8 Å². The fraction of sp³-hybridized carbons (Fsp3) is 0.200. The van der Waals surface area contributed by atoms with E-state index in [1.54, 1.807) is 25.2 Å². The van der Waals surface area contributed by atoms with Gasteiger partial charge in [0, 0.05) is 17.2 Å². The van der Waals surface area contributed by atoms with Crippen molar-refractivity contribution in [2.45, 2.75) is 13.8 Å². The van der Waals surface area contributed by atoms with Crippen LogP contribution in [0.5, 0.6) is 0 Å². The van der Waals surface area contributed by atoms with Gasteiger partial charge < -0.3 is 10.6 Å². The number of benzene rings is 2. The molecule has 0 unspecified atom stereocenters. The van der Waals surface area contributed by atoms with Crippen LogP contribution >= 0.6 is 15.9 Å². The first-order valence-electron chi connectivity index (χ1n) is 6.43. The summed E-state index contributed by atoms with van der Waals surface area (Å²) in [6, 6.07) is 9.13. The Bertz CT molecular complexity index is 678. The van der Waals surface area contributed by atoms with Crippen molar-refractivity contribution >= 4 is 38.7 Å². The summed E-state index contributed by atoms with van der Waals surface area (Å²) in [6.45, 7) is 3.93. The van der Waals surface area contributed by atoms with Gasteiger partial charge in [-0.2, -0.15) is 0 Å². The van der Waals surface area contributed by atoms with Crippen LogP contribution in [0.3, 0.4) is 0 Å². The lowest BCUT2D eigenvalue weighted by atomic mass is 10.1. The van der Waals surface area contributed by atoms with Crippen LogP contribution < -0.4 is 10.6 Å². The summed E-state index contributed by atoms with van der Waals surface area (Å²) in [5.41, 5.74) is 3.92. The van der Waals surface area contributed by atoms with Gasteiger partial charge in [-0.05, 0) is 49.2 Å². The maximum absolute atomic E-state index is 11.3. The van der Waals surface area contributed by atoms with Gasteiger partial charge in [-0.25, -0.2) is 0 Å². The fourth-order valence-corrected chi connectivity index (χ4v) is 2.97. The van der Waals surface area contributed by atoms with Crippen molar-refractivity contribution in [1.29, 1.82) is 0 Å². The molecule has 0 saturated carbocycles. The number of hydrogen-bond donors (Lipinski definition) is 2. The Balaban J connectivity index is 2.52. The number of halogens is 1. The normalized spacial score (nSPS) is 10.3. The van der Waals surface area contributed by atoms with E-state index in [-0.39, 0.29) is 10.6 Å². The van der Waals surface area contributed by atoms with Crippen LogP contribution in [0, 0.1) is 24.0 Å². The van der Waals surface area contributed by atoms with Crippen molar-refractivity contribution in [2.24, 2.45) is 0 Å². The number of nitro groups is 1. The van der Waals surface area contributed by atoms with Gasteiger partial charge in [0.2, 0.25) is 0 Å². The van der Waals surface area contributed by atoms with Gasteiger partial charge in [-0.1, -0.05) is 22.0 Å². The number of nitrogens with zero attached hydrogens (tertiary/aromatic N) is 1. The van der Waals surface area contributed by atoms with E-state index >= 15 is 0 Å². The molecule has 21 heavy (non-hydrogen) atoms. The fourth-order valence-electron chi connectivity index (χ4n) is 2.29. The van der Waals surface area contributed by atoms with Crippen molar-refractivity contribution < 1.29 is 4.92 Å². The number of anilines is 3. The zero-order valence-electron chi connectivity index (χ0n) is 12.0. The molecule has 0 aromatic heterocycles. The van der Waals surface area contributed by atoms with E-state index in [4.69, 9.17) is 0 Å². The summed E-state index contributed by atoms with van der Waals surface area (Å²) >= 11 is 3.45. The van der Waals surface area contributed by atoms with Gasteiger partial charge in [-0.15, -0.1) is 0 Å². The summed E-state index contributed by atoms with van der Waals surface area (Å²) in [5.74, 6) is 0. The van der Waals surface area contributed by atoms with E-state index in [9.17, 15) is 10.1 Å². The monoisotopic (exact) mass is 349 g/mol. The molecule has 2 aromatic rings. The van der Waals surface area contributed by atoms with E-state index in [0.29, 0.717) is 11.4 Å². The van der Waals surface area contributed by atoms with E-state index in [0.717, 1.165) is 21.3 Å². The Labute approximate surface area is 131 Å². The maximum atomic E-state index is 11.3. The van der Waals surface area contributed by atoms with Crippen LogP contribution in [0.1, 0.15) is 11.1 Å². The summed E-state index contributed by atoms with van der Waals surface area (Å²) in [7, 11) is 1.67. The van der Waals surface area contributed by atoms with Crippen LogP contribution in [-0.4, -0.2) is 12.0 Å². The third-order valence-electron chi connectivity index (χ3n) is 3.25. The van der Waals surface area contributed by atoms with E-state index in [1.165, 1.54) is 0 Å². The molecule has 0 fully saturated rings. The Morgan fingerprint density at radius 2 is 1.71 bits per heavy atom. The zero-order valence-corrected chi connectivity index (χ0v) is 13.6. The molecule has 2 rings (SSSR count). The molecule has 2 aromatic carbocycles. The molecule has 0 saturated heterocycles. The van der Waals surface area contributed by atoms with Gasteiger partial charge in [0.15, 0.2) is 0 Å². The second-order valence-corrected chi connectivity index (χ2v) is 5.66. The Hall–Kier alpha value is -2.08. The third kappa shape index (κ3) is 3.16. The van der Waals surface area contributed by atoms with Crippen molar-refractivity contribution in [2.75, 3.05) is 17.7 Å². The Morgan fingerprint density at radius 1 is 1.14 bits per heavy atom. The quantitative estimate of drug-likeness (QED) is 0.616. The van der Waals surface area contributed by atoms with Gasteiger partial charge in [0.1, 0.15) is 11.4 Å². The van der Waals surface area contributed by atoms with Gasteiger partial charge in [-0.3, -0.25) is 10.1 Å². The SMILES string of the molecule is CNc1cccc(Nc2c(C)cc(Br)cc2C)c1[N+](=O)[O-]. The van der Waals surface area contributed by atoms with Crippen LogP contribution in [0.4, 0.5) is 22.7 Å². The van der Waals surface area contributed by atoms with Crippen molar-refractivity contribution in [1.82, 2.24) is 0 Å². The smallest absolute Gasteiger partial charge is 0.315 e. The lowest BCUT2D eigenvalue weighted by molar-refractivity contribution is -0.383. The van der Waals surface area contributed by atoms with Crippen molar-refractivity contribution in [3.8, 4) is 0 Å². The van der Waals surface area contributed by atoms with Gasteiger partial charge >= 0.3 is 5.69 Å². The zero-order chi connectivity index (χ0) is 15.6. The molecule has 0 amide bonds. The maximum Gasteiger partial charge on any atom is 0.315 e. The summed E-state index contributed by atoms with van der Waals surface area (Å²) in [6.07, 6.45) is 0. The topological polar surface area (TPSA) is 67.2 Å². The highest BCUT2D eigenvalue weighted by Crippen LogP contribution is 2.36. The molecular formula is C15H16BrN3O2. The van der Waals surface area contributed by atoms with E-state index in [2.05, 4.69) is 26.6 Å². The third-order valence-corrected chi connectivity index (χ3v) is 3.70. The summed E-state index contributed by atoms with van der Waals surface area (Å²) < 4.78 is 0.988. The minimum absolute atomic E-state index is 0.0433. The second-order valence-electron chi connectivity index (χ2n) is 4.75. The molecule has 0 spiro atoms. The molecule has 0 atom stereocenters. The highest BCUT2D eigenvalue weighted by Gasteiger charge is 2.19. The predicted octanol–water partition coefficient (Wildman–Crippen LogP) is 4.76. The Morgan fingerprint density at radius 3 is 2.24 bits per heavy atom. The highest BCUT2D eigenvalue weighted by atomic mass is 79.9. The standard InChI is InChI=1S/C15H16BrN3O2/c1-9-7-11(16)8-10(2)14(9)18-13-6-4-5-12(17-3)15(13)19(20)21/h4-8,17-18H,1-3H3. The van der Waals surface area contributed by atoms with Crippen LogP contribution in [-0.2, 0) is 0 Å². The molecule has 0 aliphatic heterocycles. The number of para-hydroxylation sites is 1. The molecule has 6 heteroatoms. The number of nitrogens with one attached hydrogen (secondary N) is 2. The molecular weight excluding hydrogens is 334 g/mol. The van der Waals surface area contributed by atoms with Crippen molar-refractivity contribution in [3.63, 3.8) is 0 Å². The molecule has 0 aliphatic carbocycles.